The fourth-order valence-electron chi connectivity index (χ4n) is 1.59. The molecule has 1 rings (SSSR count). The summed E-state index contributed by atoms with van der Waals surface area (Å²) in [5, 5.41) is 11.8. The van der Waals surface area contributed by atoms with Crippen LogP contribution in [-0.4, -0.2) is 23.4 Å². The Balaban J connectivity index is 2.71. The van der Waals surface area contributed by atoms with Crippen LogP contribution in [0.5, 0.6) is 0 Å². The molecule has 1 unspecified atom stereocenters. The fraction of sp³-hybridized carbons (Fsp3) is 0.462. The predicted molar refractivity (Wildman–Crippen MR) is 71.4 cm³/mol. The Morgan fingerprint density at radius 1 is 1.53 bits per heavy atom. The van der Waals surface area contributed by atoms with Crippen LogP contribution < -0.4 is 5.32 Å². The molecule has 0 heterocycles. The quantitative estimate of drug-likeness (QED) is 0.734. The minimum absolute atomic E-state index is 0.343. The van der Waals surface area contributed by atoms with Crippen LogP contribution in [0.3, 0.4) is 0 Å². The zero-order valence-corrected chi connectivity index (χ0v) is 11.1. The summed E-state index contributed by atoms with van der Waals surface area (Å²) in [7, 11) is 1.90. The van der Waals surface area contributed by atoms with Crippen molar-refractivity contribution >= 4 is 17.7 Å². The van der Waals surface area contributed by atoms with E-state index in [0.29, 0.717) is 6.42 Å². The average molecular weight is 253 g/mol. The standard InChI is InChI=1S/C13H19NO2S/c1-3-5-12(13(15)16)17-11-7-4-6-10(8-11)9-14-2/h4,6-8,12,14H,3,5,9H2,1-2H3,(H,15,16). The Morgan fingerprint density at radius 2 is 2.29 bits per heavy atom. The number of carbonyl (C=O) groups is 1. The number of nitrogens with one attached hydrogen (secondary N) is 1. The zero-order valence-electron chi connectivity index (χ0n) is 10.3. The van der Waals surface area contributed by atoms with Gasteiger partial charge in [0.15, 0.2) is 0 Å². The second kappa shape index (κ2) is 7.35. The van der Waals surface area contributed by atoms with Crippen LogP contribution >= 0.6 is 11.8 Å². The van der Waals surface area contributed by atoms with Gasteiger partial charge in [-0.25, -0.2) is 0 Å². The maximum absolute atomic E-state index is 11.1. The summed E-state index contributed by atoms with van der Waals surface area (Å²) in [5.41, 5.74) is 1.18. The Hall–Kier alpha value is -1.00. The first-order valence-corrected chi connectivity index (χ1v) is 6.68. The summed E-state index contributed by atoms with van der Waals surface area (Å²) < 4.78 is 0. The van der Waals surface area contributed by atoms with Crippen molar-refractivity contribution in [1.82, 2.24) is 5.32 Å². The van der Waals surface area contributed by atoms with Crippen molar-refractivity contribution < 1.29 is 9.90 Å². The van der Waals surface area contributed by atoms with E-state index >= 15 is 0 Å². The first-order valence-electron chi connectivity index (χ1n) is 5.80. The van der Waals surface area contributed by atoms with Crippen LogP contribution in [0.4, 0.5) is 0 Å². The van der Waals surface area contributed by atoms with E-state index in [9.17, 15) is 4.79 Å². The maximum atomic E-state index is 11.1. The van der Waals surface area contributed by atoms with E-state index < -0.39 is 5.97 Å². The molecule has 0 saturated carbocycles. The summed E-state index contributed by atoms with van der Waals surface area (Å²) in [6.07, 6.45) is 1.59. The molecule has 0 radical (unpaired) electrons. The smallest absolute Gasteiger partial charge is 0.316 e. The SMILES string of the molecule is CCCC(Sc1cccc(CNC)c1)C(=O)O. The van der Waals surface area contributed by atoms with E-state index in [2.05, 4.69) is 5.32 Å². The predicted octanol–water partition coefficient (Wildman–Crippen LogP) is 2.75. The number of hydrogen-bond donors (Lipinski definition) is 2. The summed E-state index contributed by atoms with van der Waals surface area (Å²) in [6.45, 7) is 2.81. The highest BCUT2D eigenvalue weighted by molar-refractivity contribution is 8.00. The third-order valence-electron chi connectivity index (χ3n) is 2.38. The number of rotatable bonds is 7. The number of thioether (sulfide) groups is 1. The molecule has 17 heavy (non-hydrogen) atoms. The first-order chi connectivity index (χ1) is 8.17. The molecule has 0 amide bonds. The van der Waals surface area contributed by atoms with E-state index in [4.69, 9.17) is 5.11 Å². The molecule has 0 aliphatic carbocycles. The second-order valence-electron chi connectivity index (χ2n) is 3.91. The van der Waals surface area contributed by atoms with Gasteiger partial charge in [0.25, 0.3) is 0 Å². The molecule has 0 aromatic heterocycles. The lowest BCUT2D eigenvalue weighted by Gasteiger charge is -2.11. The van der Waals surface area contributed by atoms with Crippen molar-refractivity contribution in [3.8, 4) is 0 Å². The van der Waals surface area contributed by atoms with Crippen LogP contribution in [0.25, 0.3) is 0 Å². The van der Waals surface area contributed by atoms with Gasteiger partial charge in [0.1, 0.15) is 5.25 Å². The molecule has 94 valence electrons. The van der Waals surface area contributed by atoms with Crippen LogP contribution in [0.2, 0.25) is 0 Å². The molecule has 0 saturated heterocycles. The van der Waals surface area contributed by atoms with Crippen molar-refractivity contribution in [1.29, 1.82) is 0 Å². The molecular formula is C13H19NO2S. The van der Waals surface area contributed by atoms with E-state index in [-0.39, 0.29) is 5.25 Å². The lowest BCUT2D eigenvalue weighted by molar-refractivity contribution is -0.136. The lowest BCUT2D eigenvalue weighted by Crippen LogP contribution is -2.15. The Labute approximate surface area is 107 Å². The number of hydrogen-bond acceptors (Lipinski definition) is 3. The largest absolute Gasteiger partial charge is 0.480 e. The number of benzene rings is 1. The zero-order chi connectivity index (χ0) is 12.7. The summed E-state index contributed by atoms with van der Waals surface area (Å²) in [4.78, 5) is 12.1. The van der Waals surface area contributed by atoms with Gasteiger partial charge in [-0.2, -0.15) is 0 Å². The van der Waals surface area contributed by atoms with Crippen molar-refractivity contribution in [3.05, 3.63) is 29.8 Å². The van der Waals surface area contributed by atoms with Crippen molar-refractivity contribution in [3.63, 3.8) is 0 Å². The number of aliphatic carboxylic acids is 1. The minimum atomic E-state index is -0.726. The molecule has 2 N–H and O–H groups in total. The Kier molecular flexibility index (Phi) is 6.08. The molecule has 0 aliphatic rings. The van der Waals surface area contributed by atoms with Crippen LogP contribution in [-0.2, 0) is 11.3 Å². The van der Waals surface area contributed by atoms with E-state index in [1.807, 2.05) is 38.2 Å². The van der Waals surface area contributed by atoms with E-state index in [1.165, 1.54) is 17.3 Å². The van der Waals surface area contributed by atoms with Gasteiger partial charge in [0, 0.05) is 11.4 Å². The third-order valence-corrected chi connectivity index (χ3v) is 3.63. The normalized spacial score (nSPS) is 12.4. The van der Waals surface area contributed by atoms with Gasteiger partial charge in [-0.3, -0.25) is 4.79 Å². The molecule has 4 heteroatoms. The maximum Gasteiger partial charge on any atom is 0.316 e. The van der Waals surface area contributed by atoms with Gasteiger partial charge in [0.05, 0.1) is 0 Å². The molecule has 0 fully saturated rings. The summed E-state index contributed by atoms with van der Waals surface area (Å²) in [5.74, 6) is -0.726. The van der Waals surface area contributed by atoms with Crippen LogP contribution in [0, 0.1) is 0 Å². The molecule has 0 bridgehead atoms. The van der Waals surface area contributed by atoms with Crippen LogP contribution in [0.15, 0.2) is 29.2 Å². The first kappa shape index (κ1) is 14.1. The van der Waals surface area contributed by atoms with Gasteiger partial charge in [-0.05, 0) is 31.2 Å². The number of carboxylic acid groups (broad SMARTS) is 1. The Bertz CT molecular complexity index is 368. The minimum Gasteiger partial charge on any atom is -0.480 e. The topological polar surface area (TPSA) is 49.3 Å². The molecule has 0 aliphatic heterocycles. The van der Waals surface area contributed by atoms with Gasteiger partial charge < -0.3 is 10.4 Å². The average Bonchev–Trinajstić information content (AvgIpc) is 2.29. The highest BCUT2D eigenvalue weighted by Gasteiger charge is 2.17. The molecule has 0 spiro atoms. The van der Waals surface area contributed by atoms with E-state index in [0.717, 1.165) is 17.9 Å². The van der Waals surface area contributed by atoms with Gasteiger partial charge in [0.2, 0.25) is 0 Å². The van der Waals surface area contributed by atoms with Crippen molar-refractivity contribution in [2.45, 2.75) is 36.5 Å². The van der Waals surface area contributed by atoms with Gasteiger partial charge in [-0.15, -0.1) is 11.8 Å². The summed E-state index contributed by atoms with van der Waals surface area (Å²) >= 11 is 1.43. The van der Waals surface area contributed by atoms with Crippen molar-refractivity contribution in [2.75, 3.05) is 7.05 Å². The monoisotopic (exact) mass is 253 g/mol. The van der Waals surface area contributed by atoms with E-state index in [1.54, 1.807) is 0 Å². The fourth-order valence-corrected chi connectivity index (χ4v) is 2.75. The highest BCUT2D eigenvalue weighted by atomic mass is 32.2. The molecule has 3 nitrogen and oxygen atoms in total. The van der Waals surface area contributed by atoms with Gasteiger partial charge >= 0.3 is 5.97 Å². The molecule has 1 aromatic carbocycles. The molecular weight excluding hydrogens is 234 g/mol. The van der Waals surface area contributed by atoms with Crippen molar-refractivity contribution in [2.24, 2.45) is 0 Å². The second-order valence-corrected chi connectivity index (χ2v) is 5.19. The van der Waals surface area contributed by atoms with Gasteiger partial charge in [-0.1, -0.05) is 25.5 Å². The highest BCUT2D eigenvalue weighted by Crippen LogP contribution is 2.27. The van der Waals surface area contributed by atoms with Crippen LogP contribution in [0.1, 0.15) is 25.3 Å². The summed E-state index contributed by atoms with van der Waals surface area (Å²) in [6, 6.07) is 8.03. The molecule has 1 aromatic rings. The third kappa shape index (κ3) is 4.79. The number of carboxylic acids is 1. The lowest BCUT2D eigenvalue weighted by atomic mass is 10.2. The Morgan fingerprint density at radius 3 is 2.88 bits per heavy atom. The molecule has 1 atom stereocenters.